The maximum atomic E-state index is 4.65. The molecule has 0 N–H and O–H groups in total. The Hall–Kier alpha value is -2.68. The van der Waals surface area contributed by atoms with Crippen molar-refractivity contribution in [2.75, 3.05) is 0 Å². The molecule has 0 spiro atoms. The number of nitrogens with zero attached hydrogens (tertiary/aromatic N) is 3. The van der Waals surface area contributed by atoms with Crippen molar-refractivity contribution >= 4 is 21.8 Å². The van der Waals surface area contributed by atoms with Crippen LogP contribution in [0.2, 0.25) is 0 Å². The normalized spacial score (nSPS) is 12.8. The minimum absolute atomic E-state index is 0.507. The predicted octanol–water partition coefficient (Wildman–Crippen LogP) is 5.30. The summed E-state index contributed by atoms with van der Waals surface area (Å²) in [7, 11) is 2.11. The highest BCUT2D eigenvalue weighted by Gasteiger charge is 2.10. The minimum atomic E-state index is 0.507. The van der Waals surface area contributed by atoms with E-state index in [1.165, 1.54) is 27.4 Å². The van der Waals surface area contributed by atoms with Crippen LogP contribution >= 0.6 is 0 Å². The lowest BCUT2D eigenvalue weighted by Gasteiger charge is -2.09. The van der Waals surface area contributed by atoms with Gasteiger partial charge in [-0.3, -0.25) is 9.97 Å². The molecule has 0 amide bonds. The zero-order valence-corrected chi connectivity index (χ0v) is 14.3. The van der Waals surface area contributed by atoms with Gasteiger partial charge in [-0.1, -0.05) is 32.0 Å². The van der Waals surface area contributed by atoms with Gasteiger partial charge in [0.2, 0.25) is 0 Å². The number of aromatic nitrogens is 3. The molecule has 0 bridgehead atoms. The van der Waals surface area contributed by atoms with Crippen molar-refractivity contribution in [3.63, 3.8) is 0 Å². The van der Waals surface area contributed by atoms with Crippen LogP contribution in [-0.4, -0.2) is 14.5 Å². The van der Waals surface area contributed by atoms with E-state index < -0.39 is 0 Å². The summed E-state index contributed by atoms with van der Waals surface area (Å²) >= 11 is 0. The molecule has 0 saturated heterocycles. The van der Waals surface area contributed by atoms with Gasteiger partial charge < -0.3 is 4.57 Å². The summed E-state index contributed by atoms with van der Waals surface area (Å²) < 4.78 is 2.23. The first-order valence-corrected chi connectivity index (χ1v) is 8.47. The minimum Gasteiger partial charge on any atom is -0.343 e. The highest BCUT2D eigenvalue weighted by Crippen LogP contribution is 2.31. The monoisotopic (exact) mass is 315 g/mol. The fourth-order valence-electron chi connectivity index (χ4n) is 3.31. The Bertz CT molecular complexity index is 1010. The third-order valence-corrected chi connectivity index (χ3v) is 5.05. The molecule has 1 aromatic carbocycles. The molecule has 3 nitrogen and oxygen atoms in total. The van der Waals surface area contributed by atoms with Crippen molar-refractivity contribution in [1.29, 1.82) is 0 Å². The molecule has 0 aliphatic heterocycles. The van der Waals surface area contributed by atoms with E-state index in [9.17, 15) is 0 Å². The Kier molecular flexibility index (Phi) is 3.57. The molecule has 0 saturated carbocycles. The molecule has 0 fully saturated rings. The quantitative estimate of drug-likeness (QED) is 0.513. The largest absolute Gasteiger partial charge is 0.343 e. The first-order chi connectivity index (χ1) is 11.7. The second-order valence-electron chi connectivity index (χ2n) is 6.46. The number of pyridine rings is 2. The molecule has 3 heteroatoms. The Labute approximate surface area is 142 Å². The molecule has 0 aliphatic rings. The average Bonchev–Trinajstić information content (AvgIpc) is 2.94. The van der Waals surface area contributed by atoms with Crippen molar-refractivity contribution in [3.05, 3.63) is 60.7 Å². The molecular weight excluding hydrogens is 294 g/mol. The van der Waals surface area contributed by atoms with E-state index in [4.69, 9.17) is 0 Å². The van der Waals surface area contributed by atoms with Crippen LogP contribution in [0.25, 0.3) is 32.9 Å². The van der Waals surface area contributed by atoms with Gasteiger partial charge >= 0.3 is 0 Å². The number of benzene rings is 1. The molecule has 1 atom stereocenters. The number of aryl methyl sites for hydroxylation is 1. The second kappa shape index (κ2) is 5.75. The highest BCUT2D eigenvalue weighted by molar-refractivity contribution is 6.08. The average molecular weight is 315 g/mol. The second-order valence-corrected chi connectivity index (χ2v) is 6.46. The van der Waals surface area contributed by atoms with Gasteiger partial charge in [0.05, 0.1) is 5.52 Å². The van der Waals surface area contributed by atoms with E-state index in [2.05, 4.69) is 71.8 Å². The first kappa shape index (κ1) is 14.9. The molecule has 4 aromatic rings. The summed E-state index contributed by atoms with van der Waals surface area (Å²) in [6.07, 6.45) is 6.90. The molecular formula is C21H21N3. The zero-order valence-electron chi connectivity index (χ0n) is 14.3. The maximum Gasteiger partial charge on any atom is 0.0519 e. The van der Waals surface area contributed by atoms with Crippen LogP contribution in [0, 0.1) is 0 Å². The molecule has 3 aromatic heterocycles. The van der Waals surface area contributed by atoms with E-state index in [0.717, 1.165) is 17.7 Å². The van der Waals surface area contributed by atoms with Gasteiger partial charge in [-0.25, -0.2) is 0 Å². The van der Waals surface area contributed by atoms with Crippen molar-refractivity contribution in [3.8, 4) is 11.1 Å². The van der Waals surface area contributed by atoms with Crippen LogP contribution in [0.3, 0.4) is 0 Å². The van der Waals surface area contributed by atoms with Crippen LogP contribution in [-0.2, 0) is 7.05 Å². The number of rotatable bonds is 3. The van der Waals surface area contributed by atoms with Crippen LogP contribution in [0.1, 0.15) is 31.9 Å². The topological polar surface area (TPSA) is 30.7 Å². The van der Waals surface area contributed by atoms with Gasteiger partial charge in [-0.05, 0) is 36.1 Å². The van der Waals surface area contributed by atoms with Crippen LogP contribution < -0.4 is 0 Å². The Morgan fingerprint density at radius 2 is 1.79 bits per heavy atom. The van der Waals surface area contributed by atoms with Crippen LogP contribution in [0.15, 0.2) is 55.0 Å². The third kappa shape index (κ3) is 2.28. The number of hydrogen-bond donors (Lipinski definition) is 0. The summed E-state index contributed by atoms with van der Waals surface area (Å²) in [5.74, 6) is 0.507. The van der Waals surface area contributed by atoms with Gasteiger partial charge in [0, 0.05) is 53.2 Å². The Morgan fingerprint density at radius 3 is 2.54 bits per heavy atom. The SMILES string of the molecule is CCC(C)c1ccc(-c2ccc3c4cnccc4n(C)c3c2)cn1. The van der Waals surface area contributed by atoms with E-state index >= 15 is 0 Å². The van der Waals surface area contributed by atoms with Crippen molar-refractivity contribution in [1.82, 2.24) is 14.5 Å². The predicted molar refractivity (Wildman–Crippen MR) is 100 cm³/mol. The number of fused-ring (bicyclic) bond motifs is 3. The fraction of sp³-hybridized carbons (Fsp3) is 0.238. The standard InChI is InChI=1S/C21H21N3/c1-4-14(2)19-8-6-16(12-23-19)15-5-7-17-18-13-22-10-9-20(18)24(3)21(17)11-15/h5-14H,4H2,1-3H3. The van der Waals surface area contributed by atoms with E-state index in [0.29, 0.717) is 5.92 Å². The molecule has 1 unspecified atom stereocenters. The van der Waals surface area contributed by atoms with Gasteiger partial charge in [0.1, 0.15) is 0 Å². The summed E-state index contributed by atoms with van der Waals surface area (Å²) in [4.78, 5) is 8.92. The Balaban J connectivity index is 1.83. The molecule has 0 radical (unpaired) electrons. The lowest BCUT2D eigenvalue weighted by molar-refractivity contribution is 0.708. The lowest BCUT2D eigenvalue weighted by Crippen LogP contribution is -1.95. The molecule has 120 valence electrons. The summed E-state index contributed by atoms with van der Waals surface area (Å²) in [6.45, 7) is 4.42. The summed E-state index contributed by atoms with van der Waals surface area (Å²) in [5.41, 5.74) is 5.96. The first-order valence-electron chi connectivity index (χ1n) is 8.47. The van der Waals surface area contributed by atoms with Crippen molar-refractivity contribution < 1.29 is 0 Å². The molecule has 4 rings (SSSR count). The van der Waals surface area contributed by atoms with Gasteiger partial charge in [-0.15, -0.1) is 0 Å². The van der Waals surface area contributed by atoms with Crippen LogP contribution in [0.4, 0.5) is 0 Å². The zero-order chi connectivity index (χ0) is 16.7. The highest BCUT2D eigenvalue weighted by atomic mass is 14.9. The van der Waals surface area contributed by atoms with Crippen molar-refractivity contribution in [2.45, 2.75) is 26.2 Å². The smallest absolute Gasteiger partial charge is 0.0519 e. The van der Waals surface area contributed by atoms with E-state index in [1.54, 1.807) is 0 Å². The summed E-state index contributed by atoms with van der Waals surface area (Å²) in [6, 6.07) is 13.0. The van der Waals surface area contributed by atoms with E-state index in [1.807, 2.05) is 18.6 Å². The Morgan fingerprint density at radius 1 is 0.958 bits per heavy atom. The lowest BCUT2D eigenvalue weighted by atomic mass is 10.0. The molecule has 0 aliphatic carbocycles. The summed E-state index contributed by atoms with van der Waals surface area (Å²) in [5, 5.41) is 2.44. The number of hydrogen-bond acceptors (Lipinski definition) is 2. The van der Waals surface area contributed by atoms with E-state index in [-0.39, 0.29) is 0 Å². The maximum absolute atomic E-state index is 4.65. The molecule has 24 heavy (non-hydrogen) atoms. The molecule has 3 heterocycles. The third-order valence-electron chi connectivity index (χ3n) is 5.05. The fourth-order valence-corrected chi connectivity index (χ4v) is 3.31. The van der Waals surface area contributed by atoms with Gasteiger partial charge in [0.15, 0.2) is 0 Å². The van der Waals surface area contributed by atoms with Crippen molar-refractivity contribution in [2.24, 2.45) is 7.05 Å². The van der Waals surface area contributed by atoms with Gasteiger partial charge in [-0.2, -0.15) is 0 Å². The van der Waals surface area contributed by atoms with Gasteiger partial charge in [0.25, 0.3) is 0 Å². The van der Waals surface area contributed by atoms with Crippen LogP contribution in [0.5, 0.6) is 0 Å².